The molecule has 0 saturated carbocycles. The maximum absolute atomic E-state index is 13.6. The SMILES string of the molecule is CCCCCCN(CCCCCC)C1=CCC(C(=O)c2ccccc2C(=O)OC(CO)C2OC(=O)C(O)=C2O)C(O)=C1. The van der Waals surface area contributed by atoms with Crippen LogP contribution in [0.4, 0.5) is 0 Å². The Morgan fingerprint density at radius 3 is 2.12 bits per heavy atom. The van der Waals surface area contributed by atoms with Gasteiger partial charge >= 0.3 is 11.9 Å². The molecular weight excluding hydrogens is 542 g/mol. The lowest BCUT2D eigenvalue weighted by Crippen LogP contribution is -2.36. The fourth-order valence-corrected chi connectivity index (χ4v) is 5.14. The summed E-state index contributed by atoms with van der Waals surface area (Å²) >= 11 is 0. The molecule has 0 aromatic heterocycles. The Kier molecular flexibility index (Phi) is 12.5. The topological polar surface area (TPSA) is 154 Å². The third-order valence-corrected chi connectivity index (χ3v) is 7.59. The normalized spacial score (nSPS) is 19.2. The van der Waals surface area contributed by atoms with Crippen LogP contribution in [-0.4, -0.2) is 75.0 Å². The van der Waals surface area contributed by atoms with Gasteiger partial charge in [-0.15, -0.1) is 0 Å². The van der Waals surface area contributed by atoms with E-state index in [1.807, 2.05) is 6.08 Å². The number of ether oxygens (including phenoxy) is 2. The van der Waals surface area contributed by atoms with Gasteiger partial charge in [-0.25, -0.2) is 9.59 Å². The molecule has 2 aliphatic rings. The number of benzene rings is 1. The van der Waals surface area contributed by atoms with Crippen molar-refractivity contribution in [1.29, 1.82) is 0 Å². The number of allylic oxidation sites excluding steroid dienone is 3. The third kappa shape index (κ3) is 8.15. The zero-order valence-electron chi connectivity index (χ0n) is 24.5. The van der Waals surface area contributed by atoms with Gasteiger partial charge < -0.3 is 34.8 Å². The predicted molar refractivity (Wildman–Crippen MR) is 156 cm³/mol. The Hall–Kier alpha value is -3.79. The molecule has 3 rings (SSSR count). The van der Waals surface area contributed by atoms with Gasteiger partial charge in [0.25, 0.3) is 0 Å². The lowest BCUT2D eigenvalue weighted by molar-refractivity contribution is -0.148. The predicted octanol–water partition coefficient (Wildman–Crippen LogP) is 5.45. The number of Topliss-reactive ketones (excluding diaryl/α,β-unsaturated/α-hetero) is 1. The van der Waals surface area contributed by atoms with Gasteiger partial charge in [-0.05, 0) is 31.4 Å². The molecule has 0 spiro atoms. The van der Waals surface area contributed by atoms with Crippen LogP contribution in [0.2, 0.25) is 0 Å². The molecule has 0 radical (unpaired) electrons. The maximum atomic E-state index is 13.6. The van der Waals surface area contributed by atoms with Crippen LogP contribution < -0.4 is 0 Å². The van der Waals surface area contributed by atoms with Crippen molar-refractivity contribution in [2.75, 3.05) is 19.7 Å². The van der Waals surface area contributed by atoms with Crippen molar-refractivity contribution in [3.8, 4) is 0 Å². The minimum atomic E-state index is -1.59. The molecule has 1 heterocycles. The molecule has 1 aromatic carbocycles. The van der Waals surface area contributed by atoms with Crippen LogP contribution in [0.3, 0.4) is 0 Å². The number of hydrogen-bond acceptors (Lipinski definition) is 10. The molecule has 1 aliphatic carbocycles. The second-order valence-corrected chi connectivity index (χ2v) is 10.7. The fraction of sp³-hybridized carbons (Fsp3) is 0.531. The standard InChI is InChI=1S/C32H43NO9/c1-3-5-7-11-17-33(18-12-8-6-4-2)21-15-16-24(25(35)19-21)27(36)22-13-9-10-14-23(22)31(39)41-26(20-34)30-28(37)29(38)32(40)42-30/h9-10,13-15,19,24,26,30,34-35,37-38H,3-8,11-12,16-18,20H2,1-2H3. The number of nitrogens with zero attached hydrogens (tertiary/aromatic N) is 1. The number of carbonyl (C=O) groups excluding carboxylic acids is 3. The average Bonchev–Trinajstić information content (AvgIpc) is 3.25. The molecule has 1 aromatic rings. The molecule has 42 heavy (non-hydrogen) atoms. The van der Waals surface area contributed by atoms with Gasteiger partial charge in [-0.2, -0.15) is 0 Å². The summed E-state index contributed by atoms with van der Waals surface area (Å²) in [6, 6.07) is 5.94. The Balaban J connectivity index is 1.73. The van der Waals surface area contributed by atoms with E-state index in [4.69, 9.17) is 9.47 Å². The number of cyclic esters (lactones) is 1. The minimum absolute atomic E-state index is 0.0167. The largest absolute Gasteiger partial charge is 0.511 e. The van der Waals surface area contributed by atoms with Crippen molar-refractivity contribution in [2.45, 2.75) is 83.8 Å². The van der Waals surface area contributed by atoms with Crippen molar-refractivity contribution in [3.63, 3.8) is 0 Å². The van der Waals surface area contributed by atoms with Gasteiger partial charge in [-0.3, -0.25) is 4.79 Å². The van der Waals surface area contributed by atoms with Crippen LogP contribution in [0, 0.1) is 5.92 Å². The van der Waals surface area contributed by atoms with Gasteiger partial charge in [0.2, 0.25) is 11.9 Å². The smallest absolute Gasteiger partial charge is 0.378 e. The molecule has 230 valence electrons. The van der Waals surface area contributed by atoms with Gasteiger partial charge in [0, 0.05) is 24.4 Å². The number of aliphatic hydroxyl groups is 4. The first-order valence-electron chi connectivity index (χ1n) is 14.9. The van der Waals surface area contributed by atoms with Crippen molar-refractivity contribution in [2.24, 2.45) is 5.92 Å². The zero-order valence-corrected chi connectivity index (χ0v) is 24.5. The Labute approximate surface area is 246 Å². The van der Waals surface area contributed by atoms with Gasteiger partial charge in [0.1, 0.15) is 5.76 Å². The van der Waals surface area contributed by atoms with Crippen LogP contribution >= 0.6 is 0 Å². The average molecular weight is 586 g/mol. The first-order chi connectivity index (χ1) is 20.2. The summed E-state index contributed by atoms with van der Waals surface area (Å²) in [7, 11) is 0. The Bertz CT molecular complexity index is 1190. The zero-order chi connectivity index (χ0) is 30.6. The molecule has 3 unspecified atom stereocenters. The van der Waals surface area contributed by atoms with Crippen molar-refractivity contribution >= 4 is 17.7 Å². The molecule has 3 atom stereocenters. The molecule has 1 aliphatic heterocycles. The molecule has 0 amide bonds. The van der Waals surface area contributed by atoms with E-state index in [0.29, 0.717) is 0 Å². The third-order valence-electron chi connectivity index (χ3n) is 7.59. The van der Waals surface area contributed by atoms with Crippen LogP contribution in [0.5, 0.6) is 0 Å². The van der Waals surface area contributed by atoms with Crippen LogP contribution in [0.25, 0.3) is 0 Å². The molecular formula is C32H43NO9. The van der Waals surface area contributed by atoms with Crippen molar-refractivity contribution in [3.05, 3.63) is 70.5 Å². The second kappa shape index (κ2) is 16.0. The highest BCUT2D eigenvalue weighted by atomic mass is 16.6. The van der Waals surface area contributed by atoms with Gasteiger partial charge in [0.05, 0.1) is 18.1 Å². The summed E-state index contributed by atoms with van der Waals surface area (Å²) in [5, 5.41) is 40.2. The number of aliphatic hydroxyl groups excluding tert-OH is 4. The first-order valence-corrected chi connectivity index (χ1v) is 14.9. The molecule has 10 nitrogen and oxygen atoms in total. The molecule has 0 saturated heterocycles. The molecule has 10 heteroatoms. The van der Waals surface area contributed by atoms with E-state index in [1.165, 1.54) is 31.0 Å². The number of rotatable bonds is 17. The van der Waals surface area contributed by atoms with Crippen LogP contribution in [0.15, 0.2) is 59.4 Å². The van der Waals surface area contributed by atoms with Crippen molar-refractivity contribution < 1.29 is 44.3 Å². The lowest BCUT2D eigenvalue weighted by atomic mass is 9.87. The van der Waals surface area contributed by atoms with E-state index < -0.39 is 54.0 Å². The summed E-state index contributed by atoms with van der Waals surface area (Å²) in [4.78, 5) is 40.5. The molecule has 0 fully saturated rings. The monoisotopic (exact) mass is 585 g/mol. The summed E-state index contributed by atoms with van der Waals surface area (Å²) in [5.74, 6) is -5.55. The van der Waals surface area contributed by atoms with E-state index in [1.54, 1.807) is 12.1 Å². The number of ketones is 1. The number of esters is 2. The second-order valence-electron chi connectivity index (χ2n) is 10.7. The maximum Gasteiger partial charge on any atom is 0.378 e. The summed E-state index contributed by atoms with van der Waals surface area (Å²) in [6.45, 7) is 5.27. The first kappa shape index (κ1) is 32.7. The lowest BCUT2D eigenvalue weighted by Gasteiger charge is -2.29. The van der Waals surface area contributed by atoms with E-state index in [9.17, 15) is 34.8 Å². The van der Waals surface area contributed by atoms with E-state index >= 15 is 0 Å². The summed E-state index contributed by atoms with van der Waals surface area (Å²) in [5.41, 5.74) is 0.794. The Morgan fingerprint density at radius 2 is 1.60 bits per heavy atom. The molecule has 0 bridgehead atoms. The Morgan fingerprint density at radius 1 is 0.976 bits per heavy atom. The van der Waals surface area contributed by atoms with Crippen LogP contribution in [0.1, 0.15) is 92.4 Å². The highest BCUT2D eigenvalue weighted by Gasteiger charge is 2.42. The summed E-state index contributed by atoms with van der Waals surface area (Å²) < 4.78 is 10.1. The van der Waals surface area contributed by atoms with Crippen molar-refractivity contribution in [1.82, 2.24) is 4.90 Å². The summed E-state index contributed by atoms with van der Waals surface area (Å²) in [6.07, 6.45) is 9.76. The number of unbranched alkanes of at least 4 members (excludes halogenated alkanes) is 6. The highest BCUT2D eigenvalue weighted by molar-refractivity contribution is 6.08. The number of carbonyl (C=O) groups is 3. The van der Waals surface area contributed by atoms with Crippen LogP contribution in [-0.2, 0) is 14.3 Å². The highest BCUT2D eigenvalue weighted by Crippen LogP contribution is 2.30. The van der Waals surface area contributed by atoms with Gasteiger partial charge in [0.15, 0.2) is 17.6 Å². The van der Waals surface area contributed by atoms with E-state index in [2.05, 4.69) is 18.7 Å². The van der Waals surface area contributed by atoms with Gasteiger partial charge in [-0.1, -0.05) is 76.6 Å². The fourth-order valence-electron chi connectivity index (χ4n) is 5.14. The minimum Gasteiger partial charge on any atom is -0.511 e. The molecule has 4 N–H and O–H groups in total. The number of hydrogen-bond donors (Lipinski definition) is 4. The quantitative estimate of drug-likeness (QED) is 0.105. The van der Waals surface area contributed by atoms with E-state index in [-0.39, 0.29) is 23.3 Å². The van der Waals surface area contributed by atoms with E-state index in [0.717, 1.165) is 57.3 Å².